The SMILES string of the molecule is C1=C=C(c2ccccc2)C#CC(=C2c3ccccc3-c3ccccc32)C#CC(c2ccccc2)=C=C=C(c2ccccc2)C#CC(=C2c3ccccc3-c3ccccc32)C#CC=1c1ccccc1. The highest BCUT2D eigenvalue weighted by Gasteiger charge is 2.26. The first-order valence-electron chi connectivity index (χ1n) is 22.5. The molecule has 0 heterocycles. The average Bonchev–Trinajstić information content (AvgIpc) is 3.92. The molecule has 3 aliphatic rings. The molecular formula is C68H36. The van der Waals surface area contributed by atoms with Gasteiger partial charge in [-0.15, -0.1) is 0 Å². The molecule has 0 radical (unpaired) electrons. The fourth-order valence-electron chi connectivity index (χ4n) is 8.76. The molecule has 308 valence electrons. The third-order valence-electron chi connectivity index (χ3n) is 12.0. The molecule has 0 atom stereocenters. The van der Waals surface area contributed by atoms with Crippen molar-refractivity contribution in [2.75, 3.05) is 0 Å². The van der Waals surface area contributed by atoms with E-state index >= 15 is 0 Å². The molecule has 0 amide bonds. The van der Waals surface area contributed by atoms with Gasteiger partial charge >= 0.3 is 0 Å². The Labute approximate surface area is 398 Å². The molecule has 0 saturated heterocycles. The fourth-order valence-corrected chi connectivity index (χ4v) is 8.76. The highest BCUT2D eigenvalue weighted by Crippen LogP contribution is 2.46. The molecular weight excluding hydrogens is 817 g/mol. The number of rotatable bonds is 4. The van der Waals surface area contributed by atoms with Gasteiger partial charge in [-0.2, -0.15) is 0 Å². The van der Waals surface area contributed by atoms with Crippen LogP contribution in [-0.4, -0.2) is 0 Å². The smallest absolute Gasteiger partial charge is 0.0622 e. The maximum Gasteiger partial charge on any atom is 0.0836 e. The predicted molar refractivity (Wildman–Crippen MR) is 280 cm³/mol. The molecule has 0 bridgehead atoms. The largest absolute Gasteiger partial charge is 0.0836 e. The monoisotopic (exact) mass is 852 g/mol. The fraction of sp³-hybridized carbons (Fsp3) is 0. The van der Waals surface area contributed by atoms with E-state index in [0.29, 0.717) is 33.4 Å². The van der Waals surface area contributed by atoms with Crippen LogP contribution in [0.5, 0.6) is 0 Å². The number of hydrogen-bond donors (Lipinski definition) is 0. The second-order valence-corrected chi connectivity index (χ2v) is 16.1. The van der Waals surface area contributed by atoms with E-state index in [1.54, 1.807) is 0 Å². The highest BCUT2D eigenvalue weighted by atomic mass is 14.3. The van der Waals surface area contributed by atoms with Crippen molar-refractivity contribution in [3.63, 3.8) is 0 Å². The topological polar surface area (TPSA) is 0 Å². The van der Waals surface area contributed by atoms with Crippen LogP contribution in [0.4, 0.5) is 0 Å². The summed E-state index contributed by atoms with van der Waals surface area (Å²) in [6, 6.07) is 74.3. The molecule has 0 nitrogen and oxygen atoms in total. The lowest BCUT2D eigenvalue weighted by atomic mass is 9.96. The van der Waals surface area contributed by atoms with Crippen LogP contribution >= 0.6 is 0 Å². The van der Waals surface area contributed by atoms with Gasteiger partial charge in [-0.25, -0.2) is 0 Å². The summed E-state index contributed by atoms with van der Waals surface area (Å²) in [7, 11) is 0. The van der Waals surface area contributed by atoms with E-state index in [-0.39, 0.29) is 0 Å². The summed E-state index contributed by atoms with van der Waals surface area (Å²) < 4.78 is 0. The van der Waals surface area contributed by atoms with E-state index in [0.717, 1.165) is 77.9 Å². The summed E-state index contributed by atoms with van der Waals surface area (Å²) >= 11 is 0. The maximum absolute atomic E-state index is 3.60. The Balaban J connectivity index is 1.29. The van der Waals surface area contributed by atoms with E-state index in [4.69, 9.17) is 0 Å². The van der Waals surface area contributed by atoms with Gasteiger partial charge in [-0.3, -0.25) is 0 Å². The van der Waals surface area contributed by atoms with Crippen molar-refractivity contribution < 1.29 is 0 Å². The van der Waals surface area contributed by atoms with Crippen LogP contribution < -0.4 is 0 Å². The molecule has 11 rings (SSSR count). The first-order chi connectivity index (χ1) is 33.8. The molecule has 0 aromatic heterocycles. The quantitative estimate of drug-likeness (QED) is 0.122. The molecule has 8 aromatic rings. The minimum atomic E-state index is 0.646. The minimum absolute atomic E-state index is 0.646. The van der Waals surface area contributed by atoms with E-state index in [1.807, 2.05) is 121 Å². The van der Waals surface area contributed by atoms with Crippen LogP contribution in [0.3, 0.4) is 0 Å². The van der Waals surface area contributed by atoms with Gasteiger partial charge in [-0.05, 0) is 66.8 Å². The molecule has 0 heteroatoms. The summed E-state index contributed by atoms with van der Waals surface area (Å²) in [5, 5.41) is 0. The van der Waals surface area contributed by atoms with Crippen molar-refractivity contribution in [1.82, 2.24) is 0 Å². The zero-order chi connectivity index (χ0) is 45.5. The zero-order valence-electron chi connectivity index (χ0n) is 36.8. The van der Waals surface area contributed by atoms with Crippen molar-refractivity contribution in [3.05, 3.63) is 297 Å². The average molecular weight is 853 g/mol. The second kappa shape index (κ2) is 18.7. The molecule has 3 aliphatic carbocycles. The van der Waals surface area contributed by atoms with Crippen LogP contribution in [0.15, 0.2) is 252 Å². The van der Waals surface area contributed by atoms with E-state index < -0.39 is 0 Å². The Morgan fingerprint density at radius 2 is 0.368 bits per heavy atom. The molecule has 0 fully saturated rings. The maximum atomic E-state index is 3.60. The van der Waals surface area contributed by atoms with Gasteiger partial charge in [0.15, 0.2) is 0 Å². The predicted octanol–water partition coefficient (Wildman–Crippen LogP) is 14.8. The van der Waals surface area contributed by atoms with Crippen LogP contribution in [-0.2, 0) is 0 Å². The first kappa shape index (κ1) is 40.8. The standard InChI is InChI=1S/C68H36/c1-5-21-49(22-6-1)53-37-38-54(50-23-7-2-8-24-50)42-47-58(68-65-35-19-15-31-61(65)62-32-16-20-36-66(62)68)48-44-56(52-27-11-4-12-28-52)40-39-55(51-25-9-3-10-26-51)43-46-57(45-41-53)67-63-33-17-13-29-59(63)60-30-14-18-34-64(60)67/h1-36H. The van der Waals surface area contributed by atoms with Gasteiger partial charge < -0.3 is 0 Å². The van der Waals surface area contributed by atoms with Crippen molar-refractivity contribution in [2.45, 2.75) is 0 Å². The highest BCUT2D eigenvalue weighted by molar-refractivity contribution is 6.06. The van der Waals surface area contributed by atoms with Crippen LogP contribution in [0.25, 0.3) is 55.7 Å². The third-order valence-corrected chi connectivity index (χ3v) is 12.0. The van der Waals surface area contributed by atoms with Gasteiger partial charge in [0.1, 0.15) is 0 Å². The summed E-state index contributed by atoms with van der Waals surface area (Å²) in [6.07, 6.45) is 0. The summed E-state index contributed by atoms with van der Waals surface area (Å²) in [4.78, 5) is 0. The number of hydrogen-bond acceptors (Lipinski definition) is 0. The van der Waals surface area contributed by atoms with Gasteiger partial charge in [0.05, 0.1) is 33.4 Å². The molecule has 0 spiro atoms. The van der Waals surface area contributed by atoms with Gasteiger partial charge in [0.25, 0.3) is 0 Å². The van der Waals surface area contributed by atoms with Gasteiger partial charge in [0.2, 0.25) is 0 Å². The first-order valence-corrected chi connectivity index (χ1v) is 22.5. The van der Waals surface area contributed by atoms with Gasteiger partial charge in [-0.1, -0.05) is 289 Å². The Morgan fingerprint density at radius 1 is 0.176 bits per heavy atom. The van der Waals surface area contributed by atoms with Crippen molar-refractivity contribution >= 4 is 33.4 Å². The third kappa shape index (κ3) is 8.20. The van der Waals surface area contributed by atoms with Crippen LogP contribution in [0, 0.1) is 47.4 Å². The molecule has 8 aromatic carbocycles. The summed E-state index contributed by atoms with van der Waals surface area (Å²) in [5.74, 6) is 28.6. The Hall–Kier alpha value is -9.92. The van der Waals surface area contributed by atoms with Crippen LogP contribution in [0.2, 0.25) is 0 Å². The molecule has 68 heavy (non-hydrogen) atoms. The molecule has 0 saturated carbocycles. The van der Waals surface area contributed by atoms with E-state index in [9.17, 15) is 0 Å². The lowest BCUT2D eigenvalue weighted by Crippen LogP contribution is -1.89. The number of fused-ring (bicyclic) bond motifs is 6. The minimum Gasteiger partial charge on any atom is -0.0622 e. The zero-order valence-corrected chi connectivity index (χ0v) is 36.8. The van der Waals surface area contributed by atoms with Crippen molar-refractivity contribution in [3.8, 4) is 69.6 Å². The van der Waals surface area contributed by atoms with Crippen LogP contribution in [0.1, 0.15) is 44.5 Å². The Bertz CT molecular complexity index is 3390. The number of allylic oxidation sites excluding steroid dienone is 6. The molecule has 0 N–H and O–H groups in total. The second-order valence-electron chi connectivity index (χ2n) is 16.1. The van der Waals surface area contributed by atoms with E-state index in [1.165, 1.54) is 0 Å². The van der Waals surface area contributed by atoms with Crippen molar-refractivity contribution in [1.29, 1.82) is 0 Å². The number of benzene rings is 8. The van der Waals surface area contributed by atoms with Gasteiger partial charge in [0, 0.05) is 11.1 Å². The lowest BCUT2D eigenvalue weighted by Gasteiger charge is -2.05. The molecule has 0 aliphatic heterocycles. The van der Waals surface area contributed by atoms with E-state index in [2.05, 4.69) is 167 Å². The summed E-state index contributed by atoms with van der Waals surface area (Å²) in [6.45, 7) is 0. The Morgan fingerprint density at radius 3 is 0.588 bits per heavy atom. The Kier molecular flexibility index (Phi) is 11.2. The normalized spacial score (nSPS) is 13.1. The lowest BCUT2D eigenvalue weighted by molar-refractivity contribution is 1.62. The van der Waals surface area contributed by atoms with Crippen molar-refractivity contribution in [2.24, 2.45) is 0 Å². The summed E-state index contributed by atoms with van der Waals surface area (Å²) in [5.41, 5.74) is 32.4. The molecule has 0 unspecified atom stereocenters.